The zero-order valence-corrected chi connectivity index (χ0v) is 12.0. The van der Waals surface area contributed by atoms with Crippen molar-refractivity contribution in [3.05, 3.63) is 32.4 Å². The zero-order chi connectivity index (χ0) is 13.0. The summed E-state index contributed by atoms with van der Waals surface area (Å²) in [6, 6.07) is 1.93. The van der Waals surface area contributed by atoms with Crippen molar-refractivity contribution in [2.75, 3.05) is 5.32 Å². The van der Waals surface area contributed by atoms with Gasteiger partial charge in [0.25, 0.3) is 0 Å². The van der Waals surface area contributed by atoms with Gasteiger partial charge in [0.15, 0.2) is 0 Å². The van der Waals surface area contributed by atoms with Crippen LogP contribution in [0.25, 0.3) is 0 Å². The van der Waals surface area contributed by atoms with E-state index >= 15 is 0 Å². The molecule has 2 heterocycles. The van der Waals surface area contributed by atoms with Gasteiger partial charge in [-0.05, 0) is 18.4 Å². The van der Waals surface area contributed by atoms with E-state index in [-0.39, 0.29) is 5.91 Å². The van der Waals surface area contributed by atoms with Gasteiger partial charge in [-0.25, -0.2) is 4.98 Å². The van der Waals surface area contributed by atoms with Gasteiger partial charge in [-0.2, -0.15) is 0 Å². The highest BCUT2D eigenvalue weighted by Crippen LogP contribution is 2.22. The predicted molar refractivity (Wildman–Crippen MR) is 76.0 cm³/mol. The van der Waals surface area contributed by atoms with Gasteiger partial charge in [0.2, 0.25) is 5.91 Å². The Morgan fingerprint density at radius 1 is 1.33 bits per heavy atom. The van der Waals surface area contributed by atoms with E-state index in [1.807, 2.05) is 23.9 Å². The van der Waals surface area contributed by atoms with Crippen molar-refractivity contribution in [3.8, 4) is 0 Å². The number of hydrogen-bond acceptors (Lipinski definition) is 5. The molecule has 2 aromatic heterocycles. The maximum Gasteiger partial charge on any atom is 0.221 e. The number of anilines is 1. The van der Waals surface area contributed by atoms with Gasteiger partial charge in [-0.1, -0.05) is 0 Å². The molecule has 0 aromatic carbocycles. The first-order chi connectivity index (χ1) is 8.66. The Morgan fingerprint density at radius 2 is 2.11 bits per heavy atom. The fourth-order valence-electron chi connectivity index (χ4n) is 1.56. The third-order valence-electron chi connectivity index (χ3n) is 2.47. The van der Waals surface area contributed by atoms with Crippen molar-refractivity contribution in [1.82, 2.24) is 10.3 Å². The van der Waals surface area contributed by atoms with Crippen LogP contribution in [0.15, 0.2) is 17.0 Å². The number of carbonyl (C=O) groups is 1. The molecule has 0 aliphatic rings. The van der Waals surface area contributed by atoms with Crippen LogP contribution in [0.2, 0.25) is 0 Å². The topological polar surface area (TPSA) is 54.0 Å². The minimum atomic E-state index is -0.0343. The quantitative estimate of drug-likeness (QED) is 0.886. The van der Waals surface area contributed by atoms with Crippen LogP contribution < -0.4 is 10.6 Å². The summed E-state index contributed by atoms with van der Waals surface area (Å²) in [5.41, 5.74) is 3.85. The molecule has 0 bridgehead atoms. The van der Waals surface area contributed by atoms with Crippen LogP contribution in [0, 0.1) is 6.92 Å². The van der Waals surface area contributed by atoms with E-state index < -0.39 is 0 Å². The second-order valence-electron chi connectivity index (χ2n) is 3.90. The highest BCUT2D eigenvalue weighted by molar-refractivity contribution is 7.10. The number of nitrogens with zero attached hydrogens (tertiary/aromatic N) is 1. The summed E-state index contributed by atoms with van der Waals surface area (Å²) in [7, 11) is 0. The standard InChI is InChI=1S/C12H15N3OS2/c1-8-11(18-7-14-8)5-13-6-12-10(3-4-17-12)15-9(2)16/h3-4,7,13H,5-6H2,1-2H3,(H,15,16). The fraction of sp³-hybridized carbons (Fsp3) is 0.333. The molecule has 0 aliphatic carbocycles. The normalized spacial score (nSPS) is 10.6. The van der Waals surface area contributed by atoms with Gasteiger partial charge in [0.1, 0.15) is 0 Å². The van der Waals surface area contributed by atoms with Crippen LogP contribution in [0.1, 0.15) is 22.4 Å². The Morgan fingerprint density at radius 3 is 2.78 bits per heavy atom. The van der Waals surface area contributed by atoms with Crippen LogP contribution >= 0.6 is 22.7 Å². The molecular formula is C12H15N3OS2. The Labute approximate surface area is 114 Å². The number of amides is 1. The molecular weight excluding hydrogens is 266 g/mol. The first kappa shape index (κ1) is 13.2. The van der Waals surface area contributed by atoms with E-state index in [2.05, 4.69) is 15.6 Å². The van der Waals surface area contributed by atoms with Gasteiger partial charge in [0.05, 0.1) is 16.9 Å². The smallest absolute Gasteiger partial charge is 0.221 e. The molecule has 0 aliphatic heterocycles. The van der Waals surface area contributed by atoms with Crippen molar-refractivity contribution < 1.29 is 4.79 Å². The third-order valence-corrected chi connectivity index (χ3v) is 4.33. The lowest BCUT2D eigenvalue weighted by molar-refractivity contribution is -0.114. The Balaban J connectivity index is 1.89. The molecule has 2 aromatic rings. The van der Waals surface area contributed by atoms with E-state index in [1.54, 1.807) is 22.7 Å². The highest BCUT2D eigenvalue weighted by Gasteiger charge is 2.06. The maximum absolute atomic E-state index is 11.0. The van der Waals surface area contributed by atoms with Crippen molar-refractivity contribution in [1.29, 1.82) is 0 Å². The summed E-state index contributed by atoms with van der Waals surface area (Å²) in [6.45, 7) is 5.11. The number of aryl methyl sites for hydroxylation is 1. The van der Waals surface area contributed by atoms with Gasteiger partial charge in [-0.15, -0.1) is 22.7 Å². The molecule has 0 spiro atoms. The van der Waals surface area contributed by atoms with Crippen LogP contribution in [0.4, 0.5) is 5.69 Å². The minimum absolute atomic E-state index is 0.0343. The molecule has 1 amide bonds. The summed E-state index contributed by atoms with van der Waals surface area (Å²) in [5.74, 6) is -0.0343. The van der Waals surface area contributed by atoms with E-state index in [0.29, 0.717) is 0 Å². The third kappa shape index (κ3) is 3.38. The molecule has 0 unspecified atom stereocenters. The molecule has 0 atom stereocenters. The SMILES string of the molecule is CC(=O)Nc1ccsc1CNCc1scnc1C. The summed E-state index contributed by atoms with van der Waals surface area (Å²) in [4.78, 5) is 17.7. The van der Waals surface area contributed by atoms with Crippen LogP contribution in [0.5, 0.6) is 0 Å². The predicted octanol–water partition coefficient (Wildman–Crippen LogP) is 2.76. The first-order valence-corrected chi connectivity index (χ1v) is 7.36. The van der Waals surface area contributed by atoms with Gasteiger partial charge in [0, 0.05) is 29.8 Å². The molecule has 0 fully saturated rings. The highest BCUT2D eigenvalue weighted by atomic mass is 32.1. The number of thiophene rings is 1. The minimum Gasteiger partial charge on any atom is -0.325 e. The molecule has 2 rings (SSSR count). The number of thiazole rings is 1. The fourth-order valence-corrected chi connectivity index (χ4v) is 3.11. The lowest BCUT2D eigenvalue weighted by Gasteiger charge is -2.05. The maximum atomic E-state index is 11.0. The van der Waals surface area contributed by atoms with Crippen molar-refractivity contribution in [2.24, 2.45) is 0 Å². The number of nitrogens with one attached hydrogen (secondary N) is 2. The molecule has 0 radical (unpaired) electrons. The average Bonchev–Trinajstić information content (AvgIpc) is 2.89. The number of hydrogen-bond donors (Lipinski definition) is 2. The summed E-state index contributed by atoms with van der Waals surface area (Å²) < 4.78 is 0. The van der Waals surface area contributed by atoms with Crippen molar-refractivity contribution in [3.63, 3.8) is 0 Å². The Kier molecular flexibility index (Phi) is 4.46. The molecule has 0 saturated heterocycles. The molecule has 18 heavy (non-hydrogen) atoms. The number of aromatic nitrogens is 1. The zero-order valence-electron chi connectivity index (χ0n) is 10.3. The van der Waals surface area contributed by atoms with Gasteiger partial charge in [-0.3, -0.25) is 4.79 Å². The largest absolute Gasteiger partial charge is 0.325 e. The Hall–Kier alpha value is -1.24. The monoisotopic (exact) mass is 281 g/mol. The van der Waals surface area contributed by atoms with E-state index in [9.17, 15) is 4.79 Å². The lowest BCUT2D eigenvalue weighted by atomic mass is 10.3. The molecule has 6 heteroatoms. The number of rotatable bonds is 5. The van der Waals surface area contributed by atoms with Crippen LogP contribution in [-0.4, -0.2) is 10.9 Å². The van der Waals surface area contributed by atoms with E-state index in [0.717, 1.165) is 29.3 Å². The van der Waals surface area contributed by atoms with Gasteiger partial charge < -0.3 is 10.6 Å². The Bertz CT molecular complexity index is 533. The summed E-state index contributed by atoms with van der Waals surface area (Å²) in [5, 5.41) is 8.19. The second-order valence-corrected chi connectivity index (χ2v) is 5.84. The lowest BCUT2D eigenvalue weighted by Crippen LogP contribution is -2.14. The summed E-state index contributed by atoms with van der Waals surface area (Å²) in [6.07, 6.45) is 0. The second kappa shape index (κ2) is 6.08. The van der Waals surface area contributed by atoms with E-state index in [4.69, 9.17) is 0 Å². The average molecular weight is 281 g/mol. The van der Waals surface area contributed by atoms with Crippen molar-refractivity contribution >= 4 is 34.3 Å². The number of carbonyl (C=O) groups excluding carboxylic acids is 1. The first-order valence-electron chi connectivity index (χ1n) is 5.60. The van der Waals surface area contributed by atoms with Crippen molar-refractivity contribution in [2.45, 2.75) is 26.9 Å². The molecule has 0 saturated carbocycles. The van der Waals surface area contributed by atoms with Gasteiger partial charge >= 0.3 is 0 Å². The summed E-state index contributed by atoms with van der Waals surface area (Å²) >= 11 is 3.31. The van der Waals surface area contributed by atoms with Crippen LogP contribution in [-0.2, 0) is 17.9 Å². The molecule has 2 N–H and O–H groups in total. The van der Waals surface area contributed by atoms with E-state index in [1.165, 1.54) is 11.8 Å². The van der Waals surface area contributed by atoms with Crippen LogP contribution in [0.3, 0.4) is 0 Å². The molecule has 96 valence electrons. The molecule has 4 nitrogen and oxygen atoms in total.